The number of methoxy groups -OCH3 is 1. The minimum Gasteiger partial charge on any atom is -0.492 e. The molecule has 0 aliphatic rings. The topological polar surface area (TPSA) is 21.7 Å². The number of alkyl halides is 1. The van der Waals surface area contributed by atoms with E-state index in [0.29, 0.717) is 11.4 Å². The molecule has 1 unspecified atom stereocenters. The molecule has 1 aromatic carbocycles. The Morgan fingerprint density at radius 3 is 2.65 bits per heavy atom. The molecule has 0 fully saturated rings. The first kappa shape index (κ1) is 14.5. The number of ether oxygens (including phenoxy) is 2. The summed E-state index contributed by atoms with van der Waals surface area (Å²) in [5.74, 6) is 0.924. The lowest BCUT2D eigenvalue weighted by atomic mass is 10.3. The molecule has 0 spiro atoms. The van der Waals surface area contributed by atoms with E-state index in [1.54, 1.807) is 7.11 Å². The molecule has 0 aliphatic heterocycles. The van der Waals surface area contributed by atoms with Crippen LogP contribution in [0.4, 0.5) is 0 Å². The Balaban J connectivity index is 2.14. The molecule has 0 radical (unpaired) electrons. The van der Waals surface area contributed by atoms with E-state index in [-0.39, 0.29) is 0 Å². The molecule has 0 heterocycles. The van der Waals surface area contributed by atoms with Gasteiger partial charge in [0.15, 0.2) is 0 Å². The second-order valence-corrected chi connectivity index (χ2v) is 5.27. The zero-order chi connectivity index (χ0) is 12.5. The van der Waals surface area contributed by atoms with Crippen LogP contribution in [0, 0.1) is 0 Å². The van der Waals surface area contributed by atoms with Gasteiger partial charge in [-0.25, -0.2) is 0 Å². The minimum absolute atomic E-state index is 0.370. The van der Waals surface area contributed by atoms with Crippen LogP contribution in [0.2, 0.25) is 0 Å². The van der Waals surface area contributed by atoms with E-state index in [2.05, 4.69) is 27.9 Å². The lowest BCUT2D eigenvalue weighted by Crippen LogP contribution is -2.31. The van der Waals surface area contributed by atoms with Gasteiger partial charge in [-0.1, -0.05) is 34.1 Å². The highest BCUT2D eigenvalue weighted by atomic mass is 79.9. The second-order valence-electron chi connectivity index (χ2n) is 3.98. The molecule has 1 rings (SSSR count). The van der Waals surface area contributed by atoms with Crippen molar-refractivity contribution >= 4 is 15.9 Å². The maximum absolute atomic E-state index is 5.63. The van der Waals surface area contributed by atoms with Crippen molar-refractivity contribution in [3.63, 3.8) is 0 Å². The first-order chi connectivity index (χ1) is 8.22. The quantitative estimate of drug-likeness (QED) is 0.688. The summed E-state index contributed by atoms with van der Waals surface area (Å²) in [6, 6.07) is 9.88. The molecule has 0 saturated carbocycles. The standard InChI is InChI=1S/C13H20BrNO2/c1-15(10-12(14)11-16-2)8-9-17-13-6-4-3-5-7-13/h3-7,12H,8-11H2,1-2H3. The van der Waals surface area contributed by atoms with Crippen molar-refractivity contribution in [3.8, 4) is 5.75 Å². The highest BCUT2D eigenvalue weighted by molar-refractivity contribution is 9.09. The zero-order valence-electron chi connectivity index (χ0n) is 10.4. The van der Waals surface area contributed by atoms with E-state index in [1.807, 2.05) is 30.3 Å². The summed E-state index contributed by atoms with van der Waals surface area (Å²) < 4.78 is 10.7. The smallest absolute Gasteiger partial charge is 0.119 e. The maximum atomic E-state index is 5.63. The number of para-hydroxylation sites is 1. The van der Waals surface area contributed by atoms with E-state index < -0.39 is 0 Å². The summed E-state index contributed by atoms with van der Waals surface area (Å²) in [6.45, 7) is 3.28. The molecule has 4 heteroatoms. The van der Waals surface area contributed by atoms with Gasteiger partial charge in [-0.15, -0.1) is 0 Å². The van der Waals surface area contributed by atoms with Crippen LogP contribution in [-0.4, -0.2) is 50.2 Å². The molecule has 96 valence electrons. The third kappa shape index (κ3) is 6.66. The van der Waals surface area contributed by atoms with Gasteiger partial charge in [-0.2, -0.15) is 0 Å². The molecule has 1 atom stereocenters. The monoisotopic (exact) mass is 301 g/mol. The predicted molar refractivity (Wildman–Crippen MR) is 74.0 cm³/mol. The van der Waals surface area contributed by atoms with Crippen LogP contribution >= 0.6 is 15.9 Å². The van der Waals surface area contributed by atoms with Crippen LogP contribution in [0.3, 0.4) is 0 Å². The van der Waals surface area contributed by atoms with Crippen LogP contribution in [0.15, 0.2) is 30.3 Å². The maximum Gasteiger partial charge on any atom is 0.119 e. The van der Waals surface area contributed by atoms with Gasteiger partial charge in [-0.05, 0) is 19.2 Å². The van der Waals surface area contributed by atoms with E-state index >= 15 is 0 Å². The fourth-order valence-corrected chi connectivity index (χ4v) is 2.26. The van der Waals surface area contributed by atoms with Crippen LogP contribution in [0.5, 0.6) is 5.75 Å². The summed E-state index contributed by atoms with van der Waals surface area (Å²) >= 11 is 3.57. The van der Waals surface area contributed by atoms with Crippen LogP contribution in [0.25, 0.3) is 0 Å². The fraction of sp³-hybridized carbons (Fsp3) is 0.538. The Morgan fingerprint density at radius 1 is 1.29 bits per heavy atom. The van der Waals surface area contributed by atoms with Gasteiger partial charge in [0.1, 0.15) is 12.4 Å². The molecule has 0 amide bonds. The van der Waals surface area contributed by atoms with Crippen LogP contribution in [0.1, 0.15) is 0 Å². The molecule has 0 aliphatic carbocycles. The first-order valence-electron chi connectivity index (χ1n) is 5.71. The lowest BCUT2D eigenvalue weighted by Gasteiger charge is -2.19. The Labute approximate surface area is 112 Å². The Kier molecular flexibility index (Phi) is 7.24. The van der Waals surface area contributed by atoms with Gasteiger partial charge < -0.3 is 14.4 Å². The van der Waals surface area contributed by atoms with Gasteiger partial charge in [0, 0.05) is 20.2 Å². The summed E-state index contributed by atoms with van der Waals surface area (Å²) in [6.07, 6.45) is 0. The number of halogens is 1. The predicted octanol–water partition coefficient (Wildman–Crippen LogP) is 2.41. The Morgan fingerprint density at radius 2 is 2.00 bits per heavy atom. The number of likely N-dealkylation sites (N-methyl/N-ethyl adjacent to an activating group) is 1. The van der Waals surface area contributed by atoms with Gasteiger partial charge in [0.25, 0.3) is 0 Å². The van der Waals surface area contributed by atoms with Gasteiger partial charge in [0.2, 0.25) is 0 Å². The Hall–Kier alpha value is -0.580. The average Bonchev–Trinajstić information content (AvgIpc) is 2.30. The number of benzene rings is 1. The molecule has 3 nitrogen and oxygen atoms in total. The van der Waals surface area contributed by atoms with Gasteiger partial charge >= 0.3 is 0 Å². The fourth-order valence-electron chi connectivity index (χ4n) is 1.50. The van der Waals surface area contributed by atoms with E-state index in [4.69, 9.17) is 9.47 Å². The summed E-state index contributed by atoms with van der Waals surface area (Å²) in [4.78, 5) is 2.59. The van der Waals surface area contributed by atoms with E-state index in [0.717, 1.165) is 25.4 Å². The van der Waals surface area contributed by atoms with Crippen molar-refractivity contribution in [2.45, 2.75) is 4.83 Å². The number of hydrogen-bond donors (Lipinski definition) is 0. The lowest BCUT2D eigenvalue weighted by molar-refractivity contribution is 0.178. The van der Waals surface area contributed by atoms with Gasteiger partial charge in [-0.3, -0.25) is 0 Å². The number of rotatable bonds is 8. The minimum atomic E-state index is 0.370. The molecular formula is C13H20BrNO2. The third-order valence-corrected chi connectivity index (χ3v) is 2.90. The third-order valence-electron chi connectivity index (χ3n) is 2.34. The largest absolute Gasteiger partial charge is 0.492 e. The highest BCUT2D eigenvalue weighted by Crippen LogP contribution is 2.08. The van der Waals surface area contributed by atoms with Crippen molar-refractivity contribution in [2.75, 3.05) is 40.5 Å². The molecule has 0 N–H and O–H groups in total. The summed E-state index contributed by atoms with van der Waals surface area (Å²) in [5.41, 5.74) is 0. The van der Waals surface area contributed by atoms with Crippen molar-refractivity contribution in [1.29, 1.82) is 0 Å². The number of nitrogens with zero attached hydrogens (tertiary/aromatic N) is 1. The zero-order valence-corrected chi connectivity index (χ0v) is 12.0. The Bertz CT molecular complexity index is 295. The molecule has 17 heavy (non-hydrogen) atoms. The van der Waals surface area contributed by atoms with Crippen molar-refractivity contribution in [3.05, 3.63) is 30.3 Å². The molecule has 0 bridgehead atoms. The first-order valence-corrected chi connectivity index (χ1v) is 6.63. The number of hydrogen-bond acceptors (Lipinski definition) is 3. The van der Waals surface area contributed by atoms with Crippen molar-refractivity contribution in [2.24, 2.45) is 0 Å². The second kappa shape index (κ2) is 8.50. The molecular weight excluding hydrogens is 282 g/mol. The van der Waals surface area contributed by atoms with Gasteiger partial charge in [0.05, 0.1) is 11.4 Å². The molecule has 0 saturated heterocycles. The van der Waals surface area contributed by atoms with E-state index in [1.165, 1.54) is 0 Å². The average molecular weight is 302 g/mol. The SMILES string of the molecule is COCC(Br)CN(C)CCOc1ccccc1. The van der Waals surface area contributed by atoms with Crippen LogP contribution in [-0.2, 0) is 4.74 Å². The van der Waals surface area contributed by atoms with Crippen molar-refractivity contribution < 1.29 is 9.47 Å². The highest BCUT2D eigenvalue weighted by Gasteiger charge is 2.07. The molecule has 0 aromatic heterocycles. The summed E-state index contributed by atoms with van der Waals surface area (Å²) in [5, 5.41) is 0. The van der Waals surface area contributed by atoms with Crippen LogP contribution < -0.4 is 4.74 Å². The normalized spacial score (nSPS) is 12.7. The summed E-state index contributed by atoms with van der Waals surface area (Å²) in [7, 11) is 3.80. The van der Waals surface area contributed by atoms with Crippen molar-refractivity contribution in [1.82, 2.24) is 4.90 Å². The molecule has 1 aromatic rings. The van der Waals surface area contributed by atoms with E-state index in [9.17, 15) is 0 Å².